The molecular weight excluding hydrogens is 200 g/mol. The third-order valence-corrected chi connectivity index (χ3v) is 4.84. The van der Waals surface area contributed by atoms with Crippen LogP contribution in [-0.2, 0) is 10.0 Å². The maximum atomic E-state index is 11.7. The van der Waals surface area contributed by atoms with Gasteiger partial charge in [0.25, 0.3) is 0 Å². The topological polar surface area (TPSA) is 72.2 Å². The monoisotopic (exact) mass is 222 g/mol. The normalized spacial score (nSPS) is 15.5. The predicted octanol–water partition coefficient (Wildman–Crippen LogP) is 0.832. The van der Waals surface area contributed by atoms with Gasteiger partial charge in [0.15, 0.2) is 0 Å². The number of rotatable bonds is 6. The van der Waals surface area contributed by atoms with E-state index < -0.39 is 15.3 Å². The smallest absolute Gasteiger partial charge is 0.215 e. The molecule has 86 valence electrons. The molecule has 0 aromatic heterocycles. The minimum atomic E-state index is -3.27. The van der Waals surface area contributed by atoms with Gasteiger partial charge in [-0.3, -0.25) is 0 Å². The molecule has 0 saturated heterocycles. The van der Waals surface area contributed by atoms with Crippen molar-refractivity contribution in [2.24, 2.45) is 5.73 Å². The van der Waals surface area contributed by atoms with E-state index in [1.165, 1.54) is 0 Å². The summed E-state index contributed by atoms with van der Waals surface area (Å²) in [4.78, 5) is 0. The molecule has 0 radical (unpaired) electrons. The lowest BCUT2D eigenvalue weighted by molar-refractivity contribution is 0.386. The SMILES string of the molecule is CCC(C)(CC)NS(=O)(=O)C(C)CN. The van der Waals surface area contributed by atoms with Gasteiger partial charge in [-0.05, 0) is 26.7 Å². The van der Waals surface area contributed by atoms with Gasteiger partial charge in [-0.1, -0.05) is 13.8 Å². The Morgan fingerprint density at radius 1 is 1.36 bits per heavy atom. The highest BCUT2D eigenvalue weighted by Gasteiger charge is 2.29. The van der Waals surface area contributed by atoms with Gasteiger partial charge in [-0.2, -0.15) is 0 Å². The Labute approximate surface area is 87.3 Å². The minimum Gasteiger partial charge on any atom is -0.329 e. The summed E-state index contributed by atoms with van der Waals surface area (Å²) >= 11 is 0. The molecule has 0 aliphatic carbocycles. The molecule has 14 heavy (non-hydrogen) atoms. The van der Waals surface area contributed by atoms with Gasteiger partial charge in [0, 0.05) is 12.1 Å². The van der Waals surface area contributed by atoms with Gasteiger partial charge in [-0.15, -0.1) is 0 Å². The molecule has 0 aromatic rings. The summed E-state index contributed by atoms with van der Waals surface area (Å²) in [5.41, 5.74) is 5.00. The zero-order valence-corrected chi connectivity index (χ0v) is 10.3. The van der Waals surface area contributed by atoms with Gasteiger partial charge in [-0.25, -0.2) is 13.1 Å². The van der Waals surface area contributed by atoms with Crippen LogP contribution in [0.1, 0.15) is 40.5 Å². The van der Waals surface area contributed by atoms with Crippen molar-refractivity contribution in [3.63, 3.8) is 0 Å². The number of nitrogens with two attached hydrogens (primary N) is 1. The lowest BCUT2D eigenvalue weighted by Crippen LogP contribution is -2.49. The molecule has 5 heteroatoms. The maximum absolute atomic E-state index is 11.7. The molecule has 0 aromatic carbocycles. The summed E-state index contributed by atoms with van der Waals surface area (Å²) in [5.74, 6) is 0. The predicted molar refractivity (Wildman–Crippen MR) is 59.6 cm³/mol. The van der Waals surface area contributed by atoms with E-state index in [1.54, 1.807) is 6.92 Å². The molecule has 0 saturated carbocycles. The van der Waals surface area contributed by atoms with Crippen LogP contribution in [0.25, 0.3) is 0 Å². The van der Waals surface area contributed by atoms with Crippen LogP contribution < -0.4 is 10.5 Å². The second-order valence-corrected chi connectivity index (χ2v) is 6.06. The fraction of sp³-hybridized carbons (Fsp3) is 1.00. The summed E-state index contributed by atoms with van der Waals surface area (Å²) in [7, 11) is -3.27. The first kappa shape index (κ1) is 13.9. The zero-order chi connectivity index (χ0) is 11.4. The van der Waals surface area contributed by atoms with Crippen molar-refractivity contribution in [3.05, 3.63) is 0 Å². The van der Waals surface area contributed by atoms with Crippen LogP contribution in [0.4, 0.5) is 0 Å². The molecule has 4 nitrogen and oxygen atoms in total. The van der Waals surface area contributed by atoms with E-state index in [0.29, 0.717) is 0 Å². The van der Waals surface area contributed by atoms with Crippen molar-refractivity contribution in [1.29, 1.82) is 0 Å². The molecule has 0 spiro atoms. The second kappa shape index (κ2) is 5.09. The van der Waals surface area contributed by atoms with Crippen LogP contribution in [0.2, 0.25) is 0 Å². The summed E-state index contributed by atoms with van der Waals surface area (Å²) in [5, 5.41) is -0.528. The number of hydrogen-bond donors (Lipinski definition) is 2. The van der Waals surface area contributed by atoms with Gasteiger partial charge >= 0.3 is 0 Å². The van der Waals surface area contributed by atoms with Crippen LogP contribution >= 0.6 is 0 Å². The summed E-state index contributed by atoms with van der Waals surface area (Å²) < 4.78 is 26.1. The first-order chi connectivity index (χ1) is 6.31. The van der Waals surface area contributed by atoms with E-state index in [-0.39, 0.29) is 12.1 Å². The Bertz CT molecular complexity index is 258. The Kier molecular flexibility index (Phi) is 5.05. The fourth-order valence-electron chi connectivity index (χ4n) is 0.965. The van der Waals surface area contributed by atoms with Crippen molar-refractivity contribution in [2.45, 2.75) is 51.3 Å². The van der Waals surface area contributed by atoms with Gasteiger partial charge in [0.1, 0.15) is 0 Å². The number of sulfonamides is 1. The van der Waals surface area contributed by atoms with Crippen molar-refractivity contribution in [1.82, 2.24) is 4.72 Å². The molecular formula is C9H22N2O2S. The van der Waals surface area contributed by atoms with Gasteiger partial charge in [0.2, 0.25) is 10.0 Å². The Morgan fingerprint density at radius 3 is 2.07 bits per heavy atom. The van der Waals surface area contributed by atoms with Gasteiger partial charge in [0.05, 0.1) is 5.25 Å². The molecule has 1 unspecified atom stereocenters. The highest BCUT2D eigenvalue weighted by Crippen LogP contribution is 2.16. The van der Waals surface area contributed by atoms with Crippen LogP contribution in [0.5, 0.6) is 0 Å². The summed E-state index contributed by atoms with van der Waals surface area (Å²) in [6, 6.07) is 0. The van der Waals surface area contributed by atoms with Gasteiger partial charge < -0.3 is 5.73 Å². The standard InChI is InChI=1S/C9H22N2O2S/c1-5-9(4,6-2)11-14(12,13)8(3)7-10/h8,11H,5-7,10H2,1-4H3. The van der Waals surface area contributed by atoms with Crippen LogP contribution in [0.3, 0.4) is 0 Å². The molecule has 0 aliphatic rings. The summed E-state index contributed by atoms with van der Waals surface area (Å²) in [6.07, 6.45) is 1.56. The molecule has 0 amide bonds. The van der Waals surface area contributed by atoms with Crippen molar-refractivity contribution in [3.8, 4) is 0 Å². The fourth-order valence-corrected chi connectivity index (χ4v) is 2.40. The van der Waals surface area contributed by atoms with Crippen LogP contribution in [0.15, 0.2) is 0 Å². The van der Waals surface area contributed by atoms with E-state index in [9.17, 15) is 8.42 Å². The first-order valence-electron chi connectivity index (χ1n) is 5.04. The highest BCUT2D eigenvalue weighted by atomic mass is 32.2. The lowest BCUT2D eigenvalue weighted by atomic mass is 9.98. The minimum absolute atomic E-state index is 0.152. The average Bonchev–Trinajstić information content (AvgIpc) is 2.15. The van der Waals surface area contributed by atoms with Crippen molar-refractivity contribution < 1.29 is 8.42 Å². The van der Waals surface area contributed by atoms with Crippen molar-refractivity contribution in [2.75, 3.05) is 6.54 Å². The molecule has 1 atom stereocenters. The molecule has 0 bridgehead atoms. The molecule has 0 aliphatic heterocycles. The highest BCUT2D eigenvalue weighted by molar-refractivity contribution is 7.90. The molecule has 0 heterocycles. The zero-order valence-electron chi connectivity index (χ0n) is 9.50. The third-order valence-electron chi connectivity index (χ3n) is 2.81. The Morgan fingerprint density at radius 2 is 1.79 bits per heavy atom. The van der Waals surface area contributed by atoms with Crippen LogP contribution in [-0.4, -0.2) is 25.8 Å². The second-order valence-electron chi connectivity index (χ2n) is 3.96. The quantitative estimate of drug-likeness (QED) is 0.699. The van der Waals surface area contributed by atoms with E-state index in [2.05, 4.69) is 4.72 Å². The average molecular weight is 222 g/mol. The number of nitrogens with one attached hydrogen (secondary N) is 1. The maximum Gasteiger partial charge on any atom is 0.215 e. The molecule has 0 fully saturated rings. The van der Waals surface area contributed by atoms with E-state index in [0.717, 1.165) is 12.8 Å². The Balaban J connectivity index is 4.65. The molecule has 0 rings (SSSR count). The van der Waals surface area contributed by atoms with Crippen LogP contribution in [0, 0.1) is 0 Å². The first-order valence-corrected chi connectivity index (χ1v) is 6.58. The van der Waals surface area contributed by atoms with E-state index in [4.69, 9.17) is 5.73 Å². The van der Waals surface area contributed by atoms with Crippen molar-refractivity contribution >= 4 is 10.0 Å². The molecule has 3 N–H and O–H groups in total. The van der Waals surface area contributed by atoms with E-state index in [1.807, 2.05) is 20.8 Å². The largest absolute Gasteiger partial charge is 0.329 e. The lowest BCUT2D eigenvalue weighted by Gasteiger charge is -2.29. The van der Waals surface area contributed by atoms with E-state index >= 15 is 0 Å². The summed E-state index contributed by atoms with van der Waals surface area (Å²) in [6.45, 7) is 7.62. The Hall–Kier alpha value is -0.130. The third kappa shape index (κ3) is 3.55. The number of hydrogen-bond acceptors (Lipinski definition) is 3.